The Balaban J connectivity index is 1.37. The molecule has 0 radical (unpaired) electrons. The molecule has 1 aromatic carbocycles. The van der Waals surface area contributed by atoms with E-state index >= 15 is 0 Å². The summed E-state index contributed by atoms with van der Waals surface area (Å²) in [4.78, 5) is 18.7. The molecule has 5 nitrogen and oxygen atoms in total. The fourth-order valence-electron chi connectivity index (χ4n) is 5.21. The monoisotopic (exact) mass is 469 g/mol. The molecule has 0 saturated carbocycles. The van der Waals surface area contributed by atoms with Crippen molar-refractivity contribution in [3.8, 4) is 11.3 Å². The molecule has 1 N–H and O–H groups in total. The Labute approximate surface area is 202 Å². The van der Waals surface area contributed by atoms with Crippen molar-refractivity contribution in [1.82, 2.24) is 10.3 Å². The van der Waals surface area contributed by atoms with E-state index in [1.165, 1.54) is 36.6 Å². The summed E-state index contributed by atoms with van der Waals surface area (Å²) in [7, 11) is 1.45. The average Bonchev–Trinajstić information content (AvgIpc) is 3.30. The first-order valence-electron chi connectivity index (χ1n) is 12.4. The fourth-order valence-corrected chi connectivity index (χ4v) is 6.09. The zero-order chi connectivity index (χ0) is 23.6. The van der Waals surface area contributed by atoms with Crippen molar-refractivity contribution < 1.29 is 9.53 Å². The van der Waals surface area contributed by atoms with Crippen molar-refractivity contribution in [3.63, 3.8) is 0 Å². The normalized spacial score (nSPS) is 19.8. The number of carbonyl (C=O) groups is 1. The van der Waals surface area contributed by atoms with Gasteiger partial charge in [0.05, 0.1) is 12.8 Å². The van der Waals surface area contributed by atoms with Crippen LogP contribution in [0.2, 0.25) is 0 Å². The van der Waals surface area contributed by atoms with E-state index in [-0.39, 0.29) is 16.8 Å². The highest BCUT2D eigenvalue weighted by Gasteiger charge is 2.37. The van der Waals surface area contributed by atoms with Crippen LogP contribution in [-0.2, 0) is 20.4 Å². The third kappa shape index (κ3) is 5.43. The van der Waals surface area contributed by atoms with Gasteiger partial charge in [-0.15, -0.1) is 11.3 Å². The molecule has 1 aliphatic carbocycles. The lowest BCUT2D eigenvalue weighted by Crippen LogP contribution is -2.42. The molecule has 1 aromatic heterocycles. The van der Waals surface area contributed by atoms with Gasteiger partial charge in [0, 0.05) is 36.5 Å². The number of piperidine rings is 1. The number of aromatic nitrogens is 1. The average molecular weight is 470 g/mol. The van der Waals surface area contributed by atoms with Crippen molar-refractivity contribution in [1.29, 1.82) is 0 Å². The van der Waals surface area contributed by atoms with Crippen molar-refractivity contribution in [2.75, 3.05) is 31.6 Å². The number of nitrogens with zero attached hydrogens (tertiary/aromatic N) is 2. The molecule has 0 spiro atoms. The summed E-state index contributed by atoms with van der Waals surface area (Å²) >= 11 is 1.76. The SMILES string of the molecule is COC(=O)CCCNC1CCN(c2nc(-c3ccc4c(c3)C(C)(C)CCC4(C)C)cs2)CC1. The Morgan fingerprint density at radius 2 is 1.85 bits per heavy atom. The lowest BCUT2D eigenvalue weighted by molar-refractivity contribution is -0.140. The van der Waals surface area contributed by atoms with E-state index in [2.05, 4.69) is 61.5 Å². The topological polar surface area (TPSA) is 54.5 Å². The minimum atomic E-state index is -0.127. The van der Waals surface area contributed by atoms with Gasteiger partial charge in [-0.1, -0.05) is 39.8 Å². The van der Waals surface area contributed by atoms with E-state index in [1.54, 1.807) is 11.3 Å². The van der Waals surface area contributed by atoms with E-state index in [9.17, 15) is 4.79 Å². The van der Waals surface area contributed by atoms with Gasteiger partial charge >= 0.3 is 5.97 Å². The molecule has 1 aliphatic heterocycles. The van der Waals surface area contributed by atoms with Crippen LogP contribution in [0.1, 0.15) is 77.3 Å². The number of hydrogen-bond acceptors (Lipinski definition) is 6. The molecular weight excluding hydrogens is 430 g/mol. The molecule has 0 amide bonds. The molecule has 4 rings (SSSR count). The number of carbonyl (C=O) groups excluding carboxylic acids is 1. The van der Waals surface area contributed by atoms with Crippen LogP contribution in [0.4, 0.5) is 5.13 Å². The molecule has 1 saturated heterocycles. The first-order valence-corrected chi connectivity index (χ1v) is 13.2. The van der Waals surface area contributed by atoms with Crippen LogP contribution >= 0.6 is 11.3 Å². The third-order valence-corrected chi connectivity index (χ3v) is 8.53. The number of rotatable bonds is 7. The van der Waals surface area contributed by atoms with E-state index in [0.29, 0.717) is 12.5 Å². The number of thiazole rings is 1. The smallest absolute Gasteiger partial charge is 0.305 e. The molecule has 2 heterocycles. The van der Waals surface area contributed by atoms with Crippen LogP contribution in [0.15, 0.2) is 23.6 Å². The van der Waals surface area contributed by atoms with Gasteiger partial charge in [-0.05, 0) is 66.7 Å². The Bertz CT molecular complexity index is 973. The molecular formula is C27H39N3O2S. The van der Waals surface area contributed by atoms with Crippen molar-refractivity contribution in [2.24, 2.45) is 0 Å². The number of nitrogens with one attached hydrogen (secondary N) is 1. The maximum atomic E-state index is 11.2. The van der Waals surface area contributed by atoms with Crippen molar-refractivity contribution in [2.45, 2.75) is 83.1 Å². The van der Waals surface area contributed by atoms with Crippen LogP contribution in [-0.4, -0.2) is 43.7 Å². The maximum absolute atomic E-state index is 11.2. The van der Waals surface area contributed by atoms with E-state index in [4.69, 9.17) is 9.72 Å². The first-order chi connectivity index (χ1) is 15.7. The second-order valence-corrected chi connectivity index (χ2v) is 11.8. The van der Waals surface area contributed by atoms with Crippen molar-refractivity contribution in [3.05, 3.63) is 34.7 Å². The molecule has 33 heavy (non-hydrogen) atoms. The highest BCUT2D eigenvalue weighted by atomic mass is 32.1. The quantitative estimate of drug-likeness (QED) is 0.418. The van der Waals surface area contributed by atoms with Gasteiger partial charge in [0.2, 0.25) is 0 Å². The molecule has 2 aliphatic rings. The highest BCUT2D eigenvalue weighted by molar-refractivity contribution is 7.14. The zero-order valence-corrected chi connectivity index (χ0v) is 21.7. The summed E-state index contributed by atoms with van der Waals surface area (Å²) in [5, 5.41) is 6.94. The maximum Gasteiger partial charge on any atom is 0.305 e. The second kappa shape index (κ2) is 9.75. The molecule has 2 aromatic rings. The summed E-state index contributed by atoms with van der Waals surface area (Å²) < 4.78 is 4.71. The zero-order valence-electron chi connectivity index (χ0n) is 20.9. The summed E-state index contributed by atoms with van der Waals surface area (Å²) in [6, 6.07) is 7.54. The van der Waals surface area contributed by atoms with Crippen molar-refractivity contribution >= 4 is 22.4 Å². The predicted octanol–water partition coefficient (Wildman–Crippen LogP) is 5.67. The number of methoxy groups -OCH3 is 1. The van der Waals surface area contributed by atoms with Gasteiger partial charge in [-0.25, -0.2) is 4.98 Å². The van der Waals surface area contributed by atoms with Gasteiger partial charge in [0.1, 0.15) is 0 Å². The van der Waals surface area contributed by atoms with Gasteiger partial charge < -0.3 is 15.0 Å². The number of esters is 1. The largest absolute Gasteiger partial charge is 0.469 e. The van der Waals surface area contributed by atoms with Crippen LogP contribution in [0.25, 0.3) is 11.3 Å². The summed E-state index contributed by atoms with van der Waals surface area (Å²) in [6.07, 6.45) is 6.00. The fraction of sp³-hybridized carbons (Fsp3) is 0.630. The first kappa shape index (κ1) is 24.2. The Morgan fingerprint density at radius 3 is 2.55 bits per heavy atom. The van der Waals surface area contributed by atoms with E-state index < -0.39 is 0 Å². The van der Waals surface area contributed by atoms with Gasteiger partial charge in [-0.3, -0.25) is 4.79 Å². The second-order valence-electron chi connectivity index (χ2n) is 10.9. The van der Waals surface area contributed by atoms with Gasteiger partial charge in [-0.2, -0.15) is 0 Å². The van der Waals surface area contributed by atoms with E-state index in [1.807, 2.05) is 0 Å². The lowest BCUT2D eigenvalue weighted by Gasteiger charge is -2.42. The van der Waals surface area contributed by atoms with Crippen LogP contribution in [0.3, 0.4) is 0 Å². The minimum absolute atomic E-state index is 0.127. The third-order valence-electron chi connectivity index (χ3n) is 7.62. The van der Waals surface area contributed by atoms with Crippen LogP contribution in [0, 0.1) is 0 Å². The number of anilines is 1. The molecule has 0 unspecified atom stereocenters. The summed E-state index contributed by atoms with van der Waals surface area (Å²) in [6.45, 7) is 12.4. The summed E-state index contributed by atoms with van der Waals surface area (Å²) in [5.41, 5.74) is 5.79. The number of hydrogen-bond donors (Lipinski definition) is 1. The Morgan fingerprint density at radius 1 is 1.15 bits per heavy atom. The standard InChI is InChI=1S/C27H39N3O2S/c1-26(2)12-13-27(3,4)22-17-19(8-9-21(22)26)23-18-33-25(29-23)30-15-10-20(11-16-30)28-14-6-7-24(31)32-5/h8-9,17-18,20,28H,6-7,10-16H2,1-5H3. The molecule has 180 valence electrons. The highest BCUT2D eigenvalue weighted by Crippen LogP contribution is 2.47. The molecule has 1 fully saturated rings. The van der Waals surface area contributed by atoms with Crippen LogP contribution in [0.5, 0.6) is 0 Å². The predicted molar refractivity (Wildman–Crippen MR) is 137 cm³/mol. The molecule has 0 bridgehead atoms. The van der Waals surface area contributed by atoms with E-state index in [0.717, 1.165) is 49.7 Å². The summed E-state index contributed by atoms with van der Waals surface area (Å²) in [5.74, 6) is -0.127. The lowest BCUT2D eigenvalue weighted by atomic mass is 9.63. The molecule has 6 heteroatoms. The Kier molecular flexibility index (Phi) is 7.15. The van der Waals surface area contributed by atoms with Crippen LogP contribution < -0.4 is 10.2 Å². The molecule has 0 atom stereocenters. The number of ether oxygens (including phenoxy) is 1. The number of fused-ring (bicyclic) bond motifs is 1. The Hall–Kier alpha value is -1.92. The minimum Gasteiger partial charge on any atom is -0.469 e. The van der Waals surface area contributed by atoms with Gasteiger partial charge in [0.25, 0.3) is 0 Å². The van der Waals surface area contributed by atoms with Gasteiger partial charge in [0.15, 0.2) is 5.13 Å². The number of benzene rings is 1.